The van der Waals surface area contributed by atoms with Crippen molar-refractivity contribution in [3.63, 3.8) is 0 Å². The van der Waals surface area contributed by atoms with Crippen LogP contribution in [0.3, 0.4) is 0 Å². The van der Waals surface area contributed by atoms with E-state index in [1.165, 1.54) is 0 Å². The van der Waals surface area contributed by atoms with Gasteiger partial charge in [0.2, 0.25) is 17.8 Å². The van der Waals surface area contributed by atoms with E-state index in [4.69, 9.17) is 4.74 Å². The van der Waals surface area contributed by atoms with Crippen molar-refractivity contribution in [1.29, 1.82) is 0 Å². The van der Waals surface area contributed by atoms with Crippen molar-refractivity contribution in [2.24, 2.45) is 5.10 Å². The molecule has 2 N–H and O–H groups in total. The molecule has 0 spiro atoms. The predicted octanol–water partition coefficient (Wildman–Crippen LogP) is 3.45. The fourth-order valence-corrected chi connectivity index (χ4v) is 3.44. The molecule has 3 heterocycles. The molecular weight excluding hydrogens is 404 g/mol. The van der Waals surface area contributed by atoms with Crippen LogP contribution in [0.4, 0.5) is 23.5 Å². The first-order valence-electron chi connectivity index (χ1n) is 10.4. The molecule has 9 nitrogen and oxygen atoms in total. The van der Waals surface area contributed by atoms with Crippen LogP contribution in [0.2, 0.25) is 0 Å². The molecule has 32 heavy (non-hydrogen) atoms. The third-order valence-corrected chi connectivity index (χ3v) is 5.04. The number of hydrogen-bond acceptors (Lipinski definition) is 9. The standard InChI is InChI=1S/C23H22N8O/c1-2-6-19-18(4-1)5-3-7-20(19)26-21-27-22(30-25-16-17-8-10-24-11-9-17)29-23(28-21)31-12-14-32-15-13-31/h1-11,16H,12-15H2,(H2,26,27,28,29,30)/b25-16-. The minimum atomic E-state index is 0.356. The number of nitrogens with zero attached hydrogens (tertiary/aromatic N) is 6. The van der Waals surface area contributed by atoms with Crippen LogP contribution in [0.15, 0.2) is 72.1 Å². The van der Waals surface area contributed by atoms with Gasteiger partial charge in [0.25, 0.3) is 0 Å². The Morgan fingerprint density at radius 3 is 2.53 bits per heavy atom. The van der Waals surface area contributed by atoms with E-state index in [1.54, 1.807) is 18.6 Å². The summed E-state index contributed by atoms with van der Waals surface area (Å²) in [5.41, 5.74) is 4.77. The Morgan fingerprint density at radius 1 is 0.875 bits per heavy atom. The molecule has 160 valence electrons. The summed E-state index contributed by atoms with van der Waals surface area (Å²) in [6.07, 6.45) is 5.12. The summed E-state index contributed by atoms with van der Waals surface area (Å²) in [6, 6.07) is 18.0. The fourth-order valence-electron chi connectivity index (χ4n) is 3.44. The second-order valence-corrected chi connectivity index (χ2v) is 7.18. The summed E-state index contributed by atoms with van der Waals surface area (Å²) in [7, 11) is 0. The van der Waals surface area contributed by atoms with Crippen molar-refractivity contribution in [2.75, 3.05) is 41.9 Å². The predicted molar refractivity (Wildman–Crippen MR) is 126 cm³/mol. The number of fused-ring (bicyclic) bond motifs is 1. The highest BCUT2D eigenvalue weighted by Gasteiger charge is 2.17. The van der Waals surface area contributed by atoms with Crippen LogP contribution in [0.5, 0.6) is 0 Å². The Morgan fingerprint density at radius 2 is 1.66 bits per heavy atom. The van der Waals surface area contributed by atoms with E-state index in [2.05, 4.69) is 58.9 Å². The van der Waals surface area contributed by atoms with Gasteiger partial charge in [-0.25, -0.2) is 5.43 Å². The summed E-state index contributed by atoms with van der Waals surface area (Å²) in [4.78, 5) is 19.8. The first-order chi connectivity index (χ1) is 15.8. The number of morpholine rings is 1. The summed E-state index contributed by atoms with van der Waals surface area (Å²) in [5, 5.41) is 9.85. The quantitative estimate of drug-likeness (QED) is 0.357. The van der Waals surface area contributed by atoms with E-state index in [1.807, 2.05) is 36.4 Å². The molecule has 2 aromatic heterocycles. The smallest absolute Gasteiger partial charge is 0.250 e. The Labute approximate surface area is 185 Å². The molecule has 0 atom stereocenters. The number of ether oxygens (including phenoxy) is 1. The van der Waals surface area contributed by atoms with E-state index in [0.717, 1.165) is 35.1 Å². The van der Waals surface area contributed by atoms with Crippen molar-refractivity contribution < 1.29 is 4.74 Å². The van der Waals surface area contributed by atoms with E-state index in [0.29, 0.717) is 31.1 Å². The molecule has 1 saturated heterocycles. The van der Waals surface area contributed by atoms with Crippen LogP contribution in [0, 0.1) is 0 Å². The largest absolute Gasteiger partial charge is 0.378 e. The summed E-state index contributed by atoms with van der Waals surface area (Å²) >= 11 is 0. The summed E-state index contributed by atoms with van der Waals surface area (Å²) in [5.74, 6) is 1.38. The highest BCUT2D eigenvalue weighted by molar-refractivity contribution is 5.94. The van der Waals surface area contributed by atoms with Crippen molar-refractivity contribution in [2.45, 2.75) is 0 Å². The maximum atomic E-state index is 5.47. The van der Waals surface area contributed by atoms with Gasteiger partial charge in [-0.1, -0.05) is 36.4 Å². The minimum absolute atomic E-state index is 0.356. The lowest BCUT2D eigenvalue weighted by Gasteiger charge is -2.27. The maximum Gasteiger partial charge on any atom is 0.250 e. The Balaban J connectivity index is 1.45. The van der Waals surface area contributed by atoms with Crippen molar-refractivity contribution in [3.8, 4) is 0 Å². The molecule has 9 heteroatoms. The zero-order valence-corrected chi connectivity index (χ0v) is 17.3. The third-order valence-electron chi connectivity index (χ3n) is 5.04. The Kier molecular flexibility index (Phi) is 5.80. The number of rotatable bonds is 6. The van der Waals surface area contributed by atoms with Gasteiger partial charge >= 0.3 is 0 Å². The highest BCUT2D eigenvalue weighted by Crippen LogP contribution is 2.26. The summed E-state index contributed by atoms with van der Waals surface area (Å²) < 4.78 is 5.47. The second kappa shape index (κ2) is 9.36. The Hall–Kier alpha value is -4.11. The van der Waals surface area contributed by atoms with Gasteiger partial charge in [-0.05, 0) is 29.1 Å². The second-order valence-electron chi connectivity index (χ2n) is 7.18. The first-order valence-corrected chi connectivity index (χ1v) is 10.4. The molecule has 1 fully saturated rings. The van der Waals surface area contributed by atoms with Gasteiger partial charge in [-0.2, -0.15) is 20.1 Å². The SMILES string of the molecule is C(=N/Nc1nc(Nc2cccc3ccccc23)nc(N2CCOCC2)n1)/c1ccncc1. The molecule has 5 rings (SSSR count). The first kappa shape index (κ1) is 19.8. The molecule has 4 aromatic rings. The molecule has 0 amide bonds. The molecule has 1 aliphatic heterocycles. The van der Waals surface area contributed by atoms with Gasteiger partial charge in [0, 0.05) is 36.6 Å². The highest BCUT2D eigenvalue weighted by atomic mass is 16.5. The van der Waals surface area contributed by atoms with Crippen molar-refractivity contribution in [1.82, 2.24) is 19.9 Å². The lowest BCUT2D eigenvalue weighted by Crippen LogP contribution is -2.37. The topological polar surface area (TPSA) is 100 Å². The van der Waals surface area contributed by atoms with E-state index < -0.39 is 0 Å². The average Bonchev–Trinajstić information content (AvgIpc) is 2.85. The average molecular weight is 426 g/mol. The molecule has 0 saturated carbocycles. The zero-order chi connectivity index (χ0) is 21.6. The third kappa shape index (κ3) is 4.62. The van der Waals surface area contributed by atoms with Crippen LogP contribution in [0.25, 0.3) is 10.8 Å². The van der Waals surface area contributed by atoms with E-state index in [-0.39, 0.29) is 0 Å². The van der Waals surface area contributed by atoms with Crippen LogP contribution < -0.4 is 15.6 Å². The van der Waals surface area contributed by atoms with Gasteiger partial charge in [0.15, 0.2) is 0 Å². The van der Waals surface area contributed by atoms with E-state index >= 15 is 0 Å². The van der Waals surface area contributed by atoms with Gasteiger partial charge < -0.3 is 15.0 Å². The minimum Gasteiger partial charge on any atom is -0.378 e. The lowest BCUT2D eigenvalue weighted by atomic mass is 10.1. The van der Waals surface area contributed by atoms with Gasteiger partial charge in [-0.15, -0.1) is 0 Å². The molecule has 0 aliphatic carbocycles. The Bertz CT molecular complexity index is 1220. The number of hydrogen-bond donors (Lipinski definition) is 2. The molecular formula is C23H22N8O. The van der Waals surface area contributed by atoms with Crippen LogP contribution >= 0.6 is 0 Å². The van der Waals surface area contributed by atoms with E-state index in [9.17, 15) is 0 Å². The van der Waals surface area contributed by atoms with Gasteiger partial charge in [-0.3, -0.25) is 4.98 Å². The van der Waals surface area contributed by atoms with Gasteiger partial charge in [0.05, 0.1) is 19.4 Å². The number of nitrogens with one attached hydrogen (secondary N) is 2. The number of benzene rings is 2. The lowest BCUT2D eigenvalue weighted by molar-refractivity contribution is 0.122. The monoisotopic (exact) mass is 426 g/mol. The summed E-state index contributed by atoms with van der Waals surface area (Å²) in [6.45, 7) is 2.72. The van der Waals surface area contributed by atoms with Crippen molar-refractivity contribution >= 4 is 40.5 Å². The number of aromatic nitrogens is 4. The molecule has 2 aromatic carbocycles. The van der Waals surface area contributed by atoms with Crippen LogP contribution in [-0.4, -0.2) is 52.5 Å². The van der Waals surface area contributed by atoms with Crippen molar-refractivity contribution in [3.05, 3.63) is 72.6 Å². The number of hydrazone groups is 1. The normalized spacial score (nSPS) is 14.1. The molecule has 0 bridgehead atoms. The molecule has 0 unspecified atom stereocenters. The van der Waals surface area contributed by atoms with Gasteiger partial charge in [0.1, 0.15) is 0 Å². The fraction of sp³-hybridized carbons (Fsp3) is 0.174. The van der Waals surface area contributed by atoms with Crippen LogP contribution in [-0.2, 0) is 4.74 Å². The number of anilines is 4. The van der Waals surface area contributed by atoms with Crippen LogP contribution in [0.1, 0.15) is 5.56 Å². The molecule has 0 radical (unpaired) electrons. The zero-order valence-electron chi connectivity index (χ0n) is 17.3. The number of pyridine rings is 1. The maximum absolute atomic E-state index is 5.47. The molecule has 1 aliphatic rings.